The molecule has 0 bridgehead atoms. The molecule has 0 atom stereocenters. The Morgan fingerprint density at radius 1 is 0.966 bits per heavy atom. The number of nitrogens with one attached hydrogen (secondary N) is 2. The summed E-state index contributed by atoms with van der Waals surface area (Å²) in [5.74, 6) is -0.0665. The molecule has 3 aromatic carbocycles. The molecule has 0 saturated carbocycles. The van der Waals surface area contributed by atoms with Crippen LogP contribution < -0.4 is 15.4 Å². The lowest BCUT2D eigenvalue weighted by Gasteiger charge is -2.11. The van der Waals surface area contributed by atoms with E-state index in [1.54, 1.807) is 43.5 Å². The first-order valence-corrected chi connectivity index (χ1v) is 9.09. The van der Waals surface area contributed by atoms with Crippen LogP contribution in [0.1, 0.15) is 21.5 Å². The summed E-state index contributed by atoms with van der Waals surface area (Å²) >= 11 is 0. The van der Waals surface area contributed by atoms with Gasteiger partial charge < -0.3 is 20.5 Å². The van der Waals surface area contributed by atoms with E-state index in [0.29, 0.717) is 17.0 Å². The average molecular weight is 390 g/mol. The molecular formula is C23H22N2O4. The second kappa shape index (κ2) is 8.93. The predicted octanol–water partition coefficient (Wildman–Crippen LogP) is 4.14. The van der Waals surface area contributed by atoms with E-state index in [9.17, 15) is 14.7 Å². The lowest BCUT2D eigenvalue weighted by molar-refractivity contribution is -0.115. The summed E-state index contributed by atoms with van der Waals surface area (Å²) in [6.45, 7) is 1.90. The van der Waals surface area contributed by atoms with E-state index < -0.39 is 0 Å². The van der Waals surface area contributed by atoms with Crippen LogP contribution in [0.5, 0.6) is 11.5 Å². The summed E-state index contributed by atoms with van der Waals surface area (Å²) in [6, 6.07) is 19.0. The highest BCUT2D eigenvalue weighted by Gasteiger charge is 2.12. The minimum atomic E-state index is -0.322. The monoisotopic (exact) mass is 390 g/mol. The number of anilines is 2. The van der Waals surface area contributed by atoms with Crippen molar-refractivity contribution in [3.63, 3.8) is 0 Å². The second-order valence-corrected chi connectivity index (χ2v) is 6.59. The number of aryl methyl sites for hydroxylation is 1. The molecular weight excluding hydrogens is 368 g/mol. The van der Waals surface area contributed by atoms with Gasteiger partial charge in [-0.2, -0.15) is 0 Å². The van der Waals surface area contributed by atoms with Crippen molar-refractivity contribution < 1.29 is 19.4 Å². The normalized spacial score (nSPS) is 10.3. The van der Waals surface area contributed by atoms with Gasteiger partial charge in [0.1, 0.15) is 11.5 Å². The van der Waals surface area contributed by atoms with E-state index in [2.05, 4.69) is 10.6 Å². The Labute approximate surface area is 169 Å². The zero-order chi connectivity index (χ0) is 20.8. The molecule has 0 spiro atoms. The van der Waals surface area contributed by atoms with Crippen LogP contribution in [-0.4, -0.2) is 24.0 Å². The van der Waals surface area contributed by atoms with Crippen molar-refractivity contribution in [1.82, 2.24) is 0 Å². The van der Waals surface area contributed by atoms with Crippen LogP contribution in [-0.2, 0) is 11.2 Å². The molecule has 3 rings (SSSR count). The van der Waals surface area contributed by atoms with Crippen LogP contribution in [0.4, 0.5) is 11.4 Å². The van der Waals surface area contributed by atoms with Gasteiger partial charge in [0.25, 0.3) is 5.91 Å². The van der Waals surface area contributed by atoms with Gasteiger partial charge in [-0.3, -0.25) is 9.59 Å². The summed E-state index contributed by atoms with van der Waals surface area (Å²) in [7, 11) is 1.55. The fourth-order valence-electron chi connectivity index (χ4n) is 2.92. The first-order chi connectivity index (χ1) is 14.0. The highest BCUT2D eigenvalue weighted by atomic mass is 16.5. The second-order valence-electron chi connectivity index (χ2n) is 6.59. The largest absolute Gasteiger partial charge is 0.506 e. The molecule has 0 heterocycles. The molecule has 0 aliphatic heterocycles. The number of hydrogen-bond acceptors (Lipinski definition) is 4. The van der Waals surface area contributed by atoms with Crippen molar-refractivity contribution in [2.45, 2.75) is 13.3 Å². The summed E-state index contributed by atoms with van der Waals surface area (Å²) in [6.07, 6.45) is 0.136. The number of phenolic OH excluding ortho intramolecular Hbond substituents is 1. The molecule has 0 aromatic heterocycles. The number of carbonyl (C=O) groups is 2. The number of ether oxygens (including phenoxy) is 1. The minimum Gasteiger partial charge on any atom is -0.506 e. The van der Waals surface area contributed by atoms with Gasteiger partial charge in [0.15, 0.2) is 0 Å². The number of hydrogen-bond donors (Lipinski definition) is 3. The van der Waals surface area contributed by atoms with Crippen LogP contribution in [0, 0.1) is 6.92 Å². The zero-order valence-electron chi connectivity index (χ0n) is 16.2. The Kier molecular flexibility index (Phi) is 6.14. The molecule has 29 heavy (non-hydrogen) atoms. The van der Waals surface area contributed by atoms with Crippen LogP contribution in [0.15, 0.2) is 66.7 Å². The van der Waals surface area contributed by atoms with Crippen molar-refractivity contribution >= 4 is 23.2 Å². The van der Waals surface area contributed by atoms with E-state index in [1.807, 2.05) is 31.2 Å². The summed E-state index contributed by atoms with van der Waals surface area (Å²) in [4.78, 5) is 24.7. The number of phenols is 1. The molecule has 0 saturated heterocycles. The summed E-state index contributed by atoms with van der Waals surface area (Å²) in [5, 5.41) is 15.6. The Balaban J connectivity index is 1.66. The molecule has 0 aliphatic rings. The molecule has 148 valence electrons. The van der Waals surface area contributed by atoms with Crippen molar-refractivity contribution in [3.05, 3.63) is 83.4 Å². The van der Waals surface area contributed by atoms with Crippen molar-refractivity contribution in [2.24, 2.45) is 0 Å². The van der Waals surface area contributed by atoms with Crippen LogP contribution in [0.25, 0.3) is 0 Å². The maximum atomic E-state index is 12.3. The van der Waals surface area contributed by atoms with Gasteiger partial charge >= 0.3 is 0 Å². The van der Waals surface area contributed by atoms with E-state index >= 15 is 0 Å². The lowest BCUT2D eigenvalue weighted by Crippen LogP contribution is -2.15. The maximum absolute atomic E-state index is 12.3. The number of methoxy groups -OCH3 is 1. The number of rotatable bonds is 6. The fraction of sp³-hybridized carbons (Fsp3) is 0.130. The maximum Gasteiger partial charge on any atom is 0.255 e. The third-order valence-electron chi connectivity index (χ3n) is 4.35. The first kappa shape index (κ1) is 19.9. The SMILES string of the molecule is COc1ccccc1CC(=O)Nc1ccc(NC(=O)c2cccc(C)c2)c(O)c1. The molecule has 0 aliphatic carbocycles. The topological polar surface area (TPSA) is 87.7 Å². The Bertz CT molecular complexity index is 1050. The molecule has 0 unspecified atom stereocenters. The number of para-hydroxylation sites is 1. The number of carbonyl (C=O) groups excluding carboxylic acids is 2. The van der Waals surface area contributed by atoms with Crippen LogP contribution in [0.3, 0.4) is 0 Å². The van der Waals surface area contributed by atoms with E-state index in [0.717, 1.165) is 11.1 Å². The van der Waals surface area contributed by atoms with E-state index in [-0.39, 0.29) is 29.7 Å². The van der Waals surface area contributed by atoms with Gasteiger partial charge in [-0.05, 0) is 37.3 Å². The van der Waals surface area contributed by atoms with Crippen molar-refractivity contribution in [3.8, 4) is 11.5 Å². The number of aromatic hydroxyl groups is 1. The Morgan fingerprint density at radius 2 is 1.76 bits per heavy atom. The van der Waals surface area contributed by atoms with Crippen molar-refractivity contribution in [1.29, 1.82) is 0 Å². The average Bonchev–Trinajstić information content (AvgIpc) is 2.70. The van der Waals surface area contributed by atoms with Gasteiger partial charge in [-0.1, -0.05) is 35.9 Å². The van der Waals surface area contributed by atoms with E-state index in [4.69, 9.17) is 4.74 Å². The summed E-state index contributed by atoms with van der Waals surface area (Å²) < 4.78 is 5.25. The minimum absolute atomic E-state index is 0.136. The molecule has 2 amide bonds. The third kappa shape index (κ3) is 5.13. The van der Waals surface area contributed by atoms with Gasteiger partial charge in [-0.15, -0.1) is 0 Å². The lowest BCUT2D eigenvalue weighted by atomic mass is 10.1. The van der Waals surface area contributed by atoms with Gasteiger partial charge in [0.2, 0.25) is 5.91 Å². The molecule has 0 radical (unpaired) electrons. The standard InChI is InChI=1S/C23H22N2O4/c1-15-6-5-8-17(12-15)23(28)25-19-11-10-18(14-20(19)26)24-22(27)13-16-7-3-4-9-21(16)29-2/h3-12,14,26H,13H2,1-2H3,(H,24,27)(H,25,28). The smallest absolute Gasteiger partial charge is 0.255 e. The van der Waals surface area contributed by atoms with E-state index in [1.165, 1.54) is 6.07 Å². The molecule has 3 N–H and O–H groups in total. The Hall–Kier alpha value is -3.80. The van der Waals surface area contributed by atoms with Gasteiger partial charge in [0.05, 0.1) is 19.2 Å². The molecule has 6 heteroatoms. The number of benzene rings is 3. The first-order valence-electron chi connectivity index (χ1n) is 9.09. The molecule has 3 aromatic rings. The quantitative estimate of drug-likeness (QED) is 0.552. The van der Waals surface area contributed by atoms with Gasteiger partial charge in [0, 0.05) is 22.9 Å². The predicted molar refractivity (Wildman–Crippen MR) is 113 cm³/mol. The number of amides is 2. The van der Waals surface area contributed by atoms with Crippen LogP contribution >= 0.6 is 0 Å². The third-order valence-corrected chi connectivity index (χ3v) is 4.35. The molecule has 6 nitrogen and oxygen atoms in total. The Morgan fingerprint density at radius 3 is 2.48 bits per heavy atom. The van der Waals surface area contributed by atoms with Crippen molar-refractivity contribution in [2.75, 3.05) is 17.7 Å². The molecule has 0 fully saturated rings. The van der Waals surface area contributed by atoms with Crippen LogP contribution in [0.2, 0.25) is 0 Å². The van der Waals surface area contributed by atoms with Gasteiger partial charge in [-0.25, -0.2) is 0 Å². The highest BCUT2D eigenvalue weighted by molar-refractivity contribution is 6.05. The zero-order valence-corrected chi connectivity index (χ0v) is 16.2. The highest BCUT2D eigenvalue weighted by Crippen LogP contribution is 2.27. The summed E-state index contributed by atoms with van der Waals surface area (Å²) in [5.41, 5.74) is 2.92. The fourth-order valence-corrected chi connectivity index (χ4v) is 2.92.